The summed E-state index contributed by atoms with van der Waals surface area (Å²) < 4.78 is 0. The summed E-state index contributed by atoms with van der Waals surface area (Å²) >= 11 is 0. The fraction of sp³-hybridized carbons (Fsp3) is 0.786. The molecule has 1 fully saturated rings. The van der Waals surface area contributed by atoms with Crippen LogP contribution >= 0.6 is 0 Å². The summed E-state index contributed by atoms with van der Waals surface area (Å²) in [5.74, 6) is -2.55. The second kappa shape index (κ2) is 7.97. The molecule has 7 heteroatoms. The summed E-state index contributed by atoms with van der Waals surface area (Å²) in [6, 6.07) is -1.15. The number of nitrogens with one attached hydrogen (secondary N) is 2. The van der Waals surface area contributed by atoms with E-state index in [2.05, 4.69) is 10.6 Å². The Bertz CT molecular complexity index is 385. The maximum atomic E-state index is 12.5. The van der Waals surface area contributed by atoms with Gasteiger partial charge in [0.1, 0.15) is 6.04 Å². The molecule has 0 radical (unpaired) electrons. The van der Waals surface area contributed by atoms with Crippen molar-refractivity contribution in [3.63, 3.8) is 0 Å². The molecule has 0 saturated carbocycles. The van der Waals surface area contributed by atoms with Gasteiger partial charge in [-0.2, -0.15) is 0 Å². The van der Waals surface area contributed by atoms with Gasteiger partial charge in [-0.3, -0.25) is 9.59 Å². The van der Waals surface area contributed by atoms with Crippen molar-refractivity contribution in [3.8, 4) is 0 Å². The molecule has 0 aromatic carbocycles. The maximum absolute atomic E-state index is 12.5. The fourth-order valence-corrected chi connectivity index (χ4v) is 2.80. The maximum Gasteiger partial charge on any atom is 0.326 e. The Morgan fingerprint density at radius 2 is 2.05 bits per heavy atom. The van der Waals surface area contributed by atoms with Gasteiger partial charge in [0.2, 0.25) is 5.91 Å². The van der Waals surface area contributed by atoms with Gasteiger partial charge < -0.3 is 20.8 Å². The molecule has 4 N–H and O–H groups in total. The van der Waals surface area contributed by atoms with Crippen LogP contribution in [0.4, 0.5) is 0 Å². The number of carboxylic acid groups (broad SMARTS) is 2. The van der Waals surface area contributed by atoms with E-state index in [1.807, 2.05) is 6.92 Å². The molecule has 1 saturated heterocycles. The minimum atomic E-state index is -1.19. The summed E-state index contributed by atoms with van der Waals surface area (Å²) in [4.78, 5) is 34.2. The van der Waals surface area contributed by atoms with Crippen molar-refractivity contribution in [2.45, 2.75) is 51.5 Å². The highest BCUT2D eigenvalue weighted by Gasteiger charge is 2.40. The zero-order valence-corrected chi connectivity index (χ0v) is 12.4. The van der Waals surface area contributed by atoms with Gasteiger partial charge in [0.25, 0.3) is 0 Å². The molecule has 2 atom stereocenters. The molecule has 1 aliphatic heterocycles. The summed E-state index contributed by atoms with van der Waals surface area (Å²) in [5, 5.41) is 23.5. The molecule has 0 aromatic heterocycles. The lowest BCUT2D eigenvalue weighted by Gasteiger charge is -2.37. The van der Waals surface area contributed by atoms with Crippen LogP contribution in [-0.4, -0.2) is 47.2 Å². The number of carboxylic acids is 2. The number of rotatable bonds is 8. The normalized spacial score (nSPS) is 23.3. The Kier molecular flexibility index (Phi) is 6.61. The average molecular weight is 300 g/mol. The van der Waals surface area contributed by atoms with Crippen LogP contribution in [0.5, 0.6) is 0 Å². The summed E-state index contributed by atoms with van der Waals surface area (Å²) in [6.45, 7) is 3.39. The van der Waals surface area contributed by atoms with Crippen LogP contribution < -0.4 is 10.6 Å². The average Bonchev–Trinajstić information content (AvgIpc) is 2.43. The monoisotopic (exact) mass is 300 g/mol. The van der Waals surface area contributed by atoms with E-state index >= 15 is 0 Å². The number of carbonyl (C=O) groups excluding carboxylic acids is 1. The molecule has 0 spiro atoms. The van der Waals surface area contributed by atoms with Gasteiger partial charge in [-0.1, -0.05) is 13.3 Å². The van der Waals surface area contributed by atoms with Crippen LogP contribution in [-0.2, 0) is 14.4 Å². The molecule has 0 bridgehead atoms. The third-order valence-corrected chi connectivity index (χ3v) is 3.93. The van der Waals surface area contributed by atoms with Crippen molar-refractivity contribution in [1.82, 2.24) is 10.6 Å². The fourth-order valence-electron chi connectivity index (χ4n) is 2.80. The first-order valence-electron chi connectivity index (χ1n) is 7.37. The van der Waals surface area contributed by atoms with Crippen molar-refractivity contribution in [3.05, 3.63) is 0 Å². The summed E-state index contributed by atoms with van der Waals surface area (Å²) in [6.07, 6.45) is 2.74. The summed E-state index contributed by atoms with van der Waals surface area (Å²) in [7, 11) is 0. The van der Waals surface area contributed by atoms with Crippen LogP contribution in [0, 0.1) is 5.41 Å². The van der Waals surface area contributed by atoms with E-state index in [0.717, 1.165) is 25.8 Å². The van der Waals surface area contributed by atoms with Crippen molar-refractivity contribution in [2.24, 2.45) is 5.41 Å². The molecule has 1 amide bonds. The predicted molar refractivity (Wildman–Crippen MR) is 75.9 cm³/mol. The van der Waals surface area contributed by atoms with E-state index in [1.165, 1.54) is 0 Å². The van der Waals surface area contributed by atoms with Crippen molar-refractivity contribution >= 4 is 17.8 Å². The first-order chi connectivity index (χ1) is 9.91. The first-order valence-corrected chi connectivity index (χ1v) is 7.37. The van der Waals surface area contributed by atoms with Crippen LogP contribution in [0.1, 0.15) is 45.4 Å². The Hall–Kier alpha value is -1.63. The molecular weight excluding hydrogens is 276 g/mol. The largest absolute Gasteiger partial charge is 0.481 e. The van der Waals surface area contributed by atoms with Crippen molar-refractivity contribution < 1.29 is 24.6 Å². The lowest BCUT2D eigenvalue weighted by molar-refractivity contribution is -0.145. The molecule has 1 rings (SSSR count). The van der Waals surface area contributed by atoms with Gasteiger partial charge in [-0.05, 0) is 32.2 Å². The molecule has 1 unspecified atom stereocenters. The lowest BCUT2D eigenvalue weighted by atomic mass is 9.76. The van der Waals surface area contributed by atoms with Gasteiger partial charge in [0, 0.05) is 13.0 Å². The van der Waals surface area contributed by atoms with Crippen LogP contribution in [0.2, 0.25) is 0 Å². The van der Waals surface area contributed by atoms with E-state index < -0.39 is 23.4 Å². The van der Waals surface area contributed by atoms with Gasteiger partial charge in [-0.25, -0.2) is 4.79 Å². The number of hydrogen-bond donors (Lipinski definition) is 4. The zero-order chi connectivity index (χ0) is 15.9. The highest BCUT2D eigenvalue weighted by Crippen LogP contribution is 2.32. The lowest BCUT2D eigenvalue weighted by Crippen LogP contribution is -2.54. The molecule has 1 aliphatic rings. The van der Waals surface area contributed by atoms with Crippen LogP contribution in [0.25, 0.3) is 0 Å². The Labute approximate surface area is 124 Å². The molecule has 1 heterocycles. The number of hydrogen-bond acceptors (Lipinski definition) is 4. The van der Waals surface area contributed by atoms with Crippen LogP contribution in [0.15, 0.2) is 0 Å². The Morgan fingerprint density at radius 3 is 2.52 bits per heavy atom. The number of aliphatic carboxylic acids is 2. The molecule has 21 heavy (non-hydrogen) atoms. The second-order valence-corrected chi connectivity index (χ2v) is 5.61. The highest BCUT2D eigenvalue weighted by molar-refractivity contribution is 5.88. The van der Waals surface area contributed by atoms with Gasteiger partial charge in [0.05, 0.1) is 5.41 Å². The molecule has 7 nitrogen and oxygen atoms in total. The van der Waals surface area contributed by atoms with Gasteiger partial charge >= 0.3 is 11.9 Å². The minimum absolute atomic E-state index is 0.105. The van der Waals surface area contributed by atoms with E-state index in [4.69, 9.17) is 10.2 Å². The van der Waals surface area contributed by atoms with E-state index in [1.54, 1.807) is 0 Å². The number of carbonyl (C=O) groups is 3. The predicted octanol–water partition coefficient (Wildman–Crippen LogP) is 0.591. The Morgan fingerprint density at radius 1 is 1.33 bits per heavy atom. The molecule has 0 aromatic rings. The van der Waals surface area contributed by atoms with E-state index in [9.17, 15) is 14.4 Å². The van der Waals surface area contributed by atoms with Crippen LogP contribution in [0.3, 0.4) is 0 Å². The number of amides is 1. The number of piperidine rings is 1. The first kappa shape index (κ1) is 17.4. The zero-order valence-electron chi connectivity index (χ0n) is 12.4. The second-order valence-electron chi connectivity index (χ2n) is 5.61. The van der Waals surface area contributed by atoms with Crippen molar-refractivity contribution in [2.75, 3.05) is 13.1 Å². The van der Waals surface area contributed by atoms with E-state index in [0.29, 0.717) is 13.0 Å². The molecule has 120 valence electrons. The van der Waals surface area contributed by atoms with Crippen molar-refractivity contribution in [1.29, 1.82) is 0 Å². The quantitative estimate of drug-likeness (QED) is 0.521. The third-order valence-electron chi connectivity index (χ3n) is 3.93. The minimum Gasteiger partial charge on any atom is -0.481 e. The van der Waals surface area contributed by atoms with Gasteiger partial charge in [-0.15, -0.1) is 0 Å². The SMILES string of the molecule is CCCC1(C(=O)N[C@@H](CCC(=O)O)C(=O)O)CCCNC1. The van der Waals surface area contributed by atoms with E-state index in [-0.39, 0.29) is 18.7 Å². The summed E-state index contributed by atoms with van der Waals surface area (Å²) in [5.41, 5.74) is -0.579. The molecular formula is C14H24N2O5. The standard InChI is InChI=1S/C14H24N2O5/c1-2-6-14(7-3-8-15-9-14)13(21)16-10(12(19)20)4-5-11(17)18/h10,15H,2-9H2,1H3,(H,16,21)(H,17,18)(H,19,20)/t10-,14?/m0/s1. The van der Waals surface area contributed by atoms with Gasteiger partial charge in [0.15, 0.2) is 0 Å². The molecule has 0 aliphatic carbocycles. The topological polar surface area (TPSA) is 116 Å². The smallest absolute Gasteiger partial charge is 0.326 e. The highest BCUT2D eigenvalue weighted by atomic mass is 16.4. The Balaban J connectivity index is 2.72. The third kappa shape index (κ3) is 5.00.